The Bertz CT molecular complexity index is 1190. The number of hydrogen-bond donors (Lipinski definition) is 2. The van der Waals surface area contributed by atoms with Gasteiger partial charge in [-0.1, -0.05) is 48.5 Å². The van der Waals surface area contributed by atoms with Crippen LogP contribution in [0.5, 0.6) is 0 Å². The van der Waals surface area contributed by atoms with E-state index in [0.29, 0.717) is 12.3 Å². The van der Waals surface area contributed by atoms with Gasteiger partial charge in [-0.25, -0.2) is 0 Å². The summed E-state index contributed by atoms with van der Waals surface area (Å²) in [4.78, 5) is 6.59. The number of para-hydroxylation sites is 1. The van der Waals surface area contributed by atoms with E-state index < -0.39 is 10.8 Å². The minimum atomic E-state index is -1.08. The lowest BCUT2D eigenvalue weighted by molar-refractivity contribution is 0.198. The number of benzene rings is 3. The molecule has 2 atom stereocenters. The highest BCUT2D eigenvalue weighted by Gasteiger charge is 2.24. The molecule has 158 valence electrons. The number of aliphatic hydroxyl groups is 1. The number of anilines is 1. The van der Waals surface area contributed by atoms with Gasteiger partial charge in [-0.05, 0) is 48.7 Å². The second kappa shape index (κ2) is 8.69. The van der Waals surface area contributed by atoms with E-state index in [1.54, 1.807) is 0 Å². The molecule has 5 rings (SSSR count). The zero-order valence-corrected chi connectivity index (χ0v) is 18.1. The van der Waals surface area contributed by atoms with Crippen LogP contribution in [0.3, 0.4) is 0 Å². The number of aryl methyl sites for hydroxylation is 1. The molecule has 1 fully saturated rings. The highest BCUT2D eigenvalue weighted by molar-refractivity contribution is 7.85. The summed E-state index contributed by atoms with van der Waals surface area (Å²) in [6.45, 7) is 1.45. The van der Waals surface area contributed by atoms with Crippen molar-refractivity contribution in [1.29, 1.82) is 0 Å². The van der Waals surface area contributed by atoms with Gasteiger partial charge in [0.1, 0.15) is 0 Å². The molecule has 0 bridgehead atoms. The Hall–Kier alpha value is -2.89. The van der Waals surface area contributed by atoms with E-state index in [2.05, 4.69) is 52.3 Å². The molecular formula is C26H26N2O2S. The van der Waals surface area contributed by atoms with Crippen LogP contribution in [0.1, 0.15) is 12.0 Å². The number of hydrogen-bond acceptors (Lipinski definition) is 3. The Kier molecular flexibility index (Phi) is 5.62. The van der Waals surface area contributed by atoms with Gasteiger partial charge in [0, 0.05) is 51.6 Å². The van der Waals surface area contributed by atoms with Crippen LogP contribution in [0.25, 0.3) is 22.2 Å². The van der Waals surface area contributed by atoms with Gasteiger partial charge in [-0.3, -0.25) is 4.21 Å². The first-order valence-corrected chi connectivity index (χ1v) is 12.1. The molecule has 4 nitrogen and oxygen atoms in total. The Balaban J connectivity index is 1.49. The number of nitrogens with one attached hydrogen (secondary N) is 1. The molecule has 3 aromatic carbocycles. The molecule has 0 aliphatic carbocycles. The van der Waals surface area contributed by atoms with Gasteiger partial charge in [-0.2, -0.15) is 0 Å². The molecule has 31 heavy (non-hydrogen) atoms. The van der Waals surface area contributed by atoms with Crippen molar-refractivity contribution in [3.8, 4) is 11.3 Å². The van der Waals surface area contributed by atoms with Crippen molar-refractivity contribution in [3.63, 3.8) is 0 Å². The predicted octanol–water partition coefficient (Wildman–Crippen LogP) is 4.76. The summed E-state index contributed by atoms with van der Waals surface area (Å²) < 4.78 is 13.1. The van der Waals surface area contributed by atoms with Crippen LogP contribution in [-0.2, 0) is 17.2 Å². The smallest absolute Gasteiger partial charge is 0.0731 e. The minimum absolute atomic E-state index is 0.296. The average molecular weight is 431 g/mol. The molecule has 1 aliphatic rings. The summed E-state index contributed by atoms with van der Waals surface area (Å²) in [5, 5.41) is 11.2. The monoisotopic (exact) mass is 430 g/mol. The summed E-state index contributed by atoms with van der Waals surface area (Å²) in [5.74, 6) is 0.595. The van der Waals surface area contributed by atoms with Crippen molar-refractivity contribution in [2.75, 3.05) is 23.7 Å². The molecule has 1 aliphatic heterocycles. The summed E-state index contributed by atoms with van der Waals surface area (Å²) >= 11 is 0. The van der Waals surface area contributed by atoms with Crippen LogP contribution >= 0.6 is 0 Å². The van der Waals surface area contributed by atoms with Gasteiger partial charge in [0.05, 0.1) is 16.9 Å². The third kappa shape index (κ3) is 4.29. The van der Waals surface area contributed by atoms with Gasteiger partial charge in [0.25, 0.3) is 0 Å². The van der Waals surface area contributed by atoms with Crippen molar-refractivity contribution < 1.29 is 9.32 Å². The molecule has 1 saturated heterocycles. The lowest BCUT2D eigenvalue weighted by Crippen LogP contribution is -2.22. The van der Waals surface area contributed by atoms with E-state index in [1.165, 1.54) is 5.56 Å². The van der Waals surface area contributed by atoms with Crippen molar-refractivity contribution in [3.05, 3.63) is 84.4 Å². The molecule has 5 heteroatoms. The number of nitrogens with zero attached hydrogens (tertiary/aromatic N) is 1. The molecule has 2 N–H and O–H groups in total. The Morgan fingerprint density at radius 1 is 1.00 bits per heavy atom. The summed E-state index contributed by atoms with van der Waals surface area (Å²) in [5.41, 5.74) is 5.41. The highest BCUT2D eigenvalue weighted by atomic mass is 32.2. The standard InChI is InChI=1S/C26H26N2O2S/c29-21-12-14-28(18-21)26-11-10-22(31(30)15-13-19-6-2-1-3-7-19)17-23(26)25-16-20-8-4-5-9-24(20)27-25/h1-11,16-17,21,27,29H,12-15,18H2. The Morgan fingerprint density at radius 3 is 2.58 bits per heavy atom. The Morgan fingerprint density at radius 2 is 1.81 bits per heavy atom. The van der Waals surface area contributed by atoms with E-state index in [4.69, 9.17) is 0 Å². The number of aliphatic hydroxyl groups excluding tert-OH is 1. The maximum Gasteiger partial charge on any atom is 0.0731 e. The van der Waals surface area contributed by atoms with Gasteiger partial charge in [0.2, 0.25) is 0 Å². The first-order valence-electron chi connectivity index (χ1n) is 10.7. The third-order valence-corrected chi connectivity index (χ3v) is 7.33. The first kappa shape index (κ1) is 20.0. The fraction of sp³-hybridized carbons (Fsp3) is 0.231. The van der Waals surface area contributed by atoms with Gasteiger partial charge in [0.15, 0.2) is 0 Å². The second-order valence-electron chi connectivity index (χ2n) is 8.12. The number of β-amino-alcohol motifs (C(OH)–C–C–N with tert-alkyl or cyclic N) is 1. The van der Waals surface area contributed by atoms with Crippen molar-refractivity contribution in [2.45, 2.75) is 23.8 Å². The fourth-order valence-electron chi connectivity index (χ4n) is 4.30. The molecule has 0 spiro atoms. The molecule has 4 aromatic rings. The van der Waals surface area contributed by atoms with Gasteiger partial charge >= 0.3 is 0 Å². The van der Waals surface area contributed by atoms with E-state index in [1.807, 2.05) is 36.4 Å². The van der Waals surface area contributed by atoms with Gasteiger partial charge in [-0.15, -0.1) is 0 Å². The fourth-order valence-corrected chi connectivity index (χ4v) is 5.43. The third-order valence-electron chi connectivity index (χ3n) is 5.97. The van der Waals surface area contributed by atoms with E-state index in [0.717, 1.165) is 52.1 Å². The molecule has 0 saturated carbocycles. The summed E-state index contributed by atoms with van der Waals surface area (Å²) in [6.07, 6.45) is 1.27. The number of rotatable bonds is 6. The highest BCUT2D eigenvalue weighted by Crippen LogP contribution is 2.35. The molecule has 1 aromatic heterocycles. The Labute approximate surface area is 185 Å². The zero-order chi connectivity index (χ0) is 21.2. The lowest BCUT2D eigenvalue weighted by atomic mass is 10.1. The van der Waals surface area contributed by atoms with Crippen LogP contribution in [0, 0.1) is 0 Å². The maximum absolute atomic E-state index is 13.1. The van der Waals surface area contributed by atoms with Crippen LogP contribution in [-0.4, -0.2) is 39.2 Å². The van der Waals surface area contributed by atoms with E-state index in [-0.39, 0.29) is 6.10 Å². The van der Waals surface area contributed by atoms with Crippen molar-refractivity contribution in [1.82, 2.24) is 4.98 Å². The molecule has 0 radical (unpaired) electrons. The minimum Gasteiger partial charge on any atom is -0.391 e. The predicted molar refractivity (Wildman–Crippen MR) is 128 cm³/mol. The van der Waals surface area contributed by atoms with Crippen molar-refractivity contribution in [2.24, 2.45) is 0 Å². The first-order chi connectivity index (χ1) is 15.2. The topological polar surface area (TPSA) is 56.3 Å². The quantitative estimate of drug-likeness (QED) is 0.464. The van der Waals surface area contributed by atoms with Crippen LogP contribution in [0.2, 0.25) is 0 Å². The zero-order valence-electron chi connectivity index (χ0n) is 17.3. The van der Waals surface area contributed by atoms with Crippen LogP contribution < -0.4 is 4.90 Å². The number of H-pyrrole nitrogens is 1. The van der Waals surface area contributed by atoms with E-state index >= 15 is 0 Å². The molecule has 0 amide bonds. The maximum atomic E-state index is 13.1. The summed E-state index contributed by atoms with van der Waals surface area (Å²) in [6, 6.07) is 26.7. The average Bonchev–Trinajstić information content (AvgIpc) is 3.44. The number of fused-ring (bicyclic) bond motifs is 1. The lowest BCUT2D eigenvalue weighted by Gasteiger charge is -2.22. The second-order valence-corrected chi connectivity index (χ2v) is 9.69. The number of aromatic amines is 1. The SMILES string of the molecule is O=S(CCc1ccccc1)c1ccc(N2CCC(O)C2)c(-c2cc3ccccc3[nH]2)c1. The largest absolute Gasteiger partial charge is 0.391 e. The molecule has 2 unspecified atom stereocenters. The molecule has 2 heterocycles. The number of aromatic nitrogens is 1. The summed E-state index contributed by atoms with van der Waals surface area (Å²) in [7, 11) is -1.08. The normalized spacial score (nSPS) is 17.3. The van der Waals surface area contributed by atoms with Gasteiger partial charge < -0.3 is 15.0 Å². The van der Waals surface area contributed by atoms with Crippen LogP contribution in [0.15, 0.2) is 83.8 Å². The molecular weight excluding hydrogens is 404 g/mol. The van der Waals surface area contributed by atoms with E-state index in [9.17, 15) is 9.32 Å². The van der Waals surface area contributed by atoms with Crippen LogP contribution in [0.4, 0.5) is 5.69 Å². The van der Waals surface area contributed by atoms with Crippen molar-refractivity contribution >= 4 is 27.4 Å².